The smallest absolute Gasteiger partial charge is 0.324 e. The van der Waals surface area contributed by atoms with Gasteiger partial charge in [-0.15, -0.1) is 0 Å². The van der Waals surface area contributed by atoms with Crippen LogP contribution in [0.25, 0.3) is 10.9 Å². The summed E-state index contributed by atoms with van der Waals surface area (Å²) in [7, 11) is 0. The highest BCUT2D eigenvalue weighted by atomic mass is 19.1. The number of aromatic amines is 2. The molecule has 4 aromatic rings. The number of hydrogen-bond acceptors (Lipinski definition) is 5. The van der Waals surface area contributed by atoms with Crippen LogP contribution in [0.4, 0.5) is 16.0 Å². The van der Waals surface area contributed by atoms with Gasteiger partial charge in [0, 0.05) is 46.3 Å². The summed E-state index contributed by atoms with van der Waals surface area (Å²) < 4.78 is 20.7. The topological polar surface area (TPSA) is 91.5 Å². The fourth-order valence-electron chi connectivity index (χ4n) is 3.74. The van der Waals surface area contributed by atoms with Gasteiger partial charge < -0.3 is 15.0 Å². The van der Waals surface area contributed by atoms with Gasteiger partial charge in [-0.1, -0.05) is 0 Å². The molecule has 7 nitrogen and oxygen atoms in total. The van der Waals surface area contributed by atoms with Crippen LogP contribution >= 0.6 is 0 Å². The number of rotatable bonds is 6. The van der Waals surface area contributed by atoms with Gasteiger partial charge in [-0.3, -0.25) is 5.10 Å². The van der Waals surface area contributed by atoms with E-state index in [4.69, 9.17) is 4.74 Å². The molecule has 2 fully saturated rings. The number of halogens is 1. The Bertz CT molecular complexity index is 1250. The van der Waals surface area contributed by atoms with Crippen molar-refractivity contribution in [2.45, 2.75) is 44.4 Å². The average molecular weight is 404 g/mol. The van der Waals surface area contributed by atoms with Crippen molar-refractivity contribution in [3.05, 3.63) is 53.2 Å². The van der Waals surface area contributed by atoms with Crippen LogP contribution in [-0.4, -0.2) is 25.1 Å². The first kappa shape index (κ1) is 17.4. The van der Waals surface area contributed by atoms with E-state index in [1.165, 1.54) is 12.8 Å². The normalized spacial score (nSPS) is 16.2. The Balaban J connectivity index is 1.31. The Morgan fingerprint density at radius 2 is 1.87 bits per heavy atom. The molecular weight excluding hydrogens is 383 g/mol. The predicted octanol–water partition coefficient (Wildman–Crippen LogP) is 5.42. The minimum Gasteiger partial charge on any atom is -0.421 e. The molecule has 0 spiro atoms. The van der Waals surface area contributed by atoms with Gasteiger partial charge in [0.15, 0.2) is 17.4 Å². The molecule has 2 saturated carbocycles. The lowest BCUT2D eigenvalue weighted by molar-refractivity contribution is 0.412. The van der Waals surface area contributed by atoms with E-state index in [1.54, 1.807) is 18.2 Å². The SMILES string of the molecule is Cc1cc2c(F)c(Oc3nc(Nc4cc(C5CC5)[nH]n4)cc(C4CC4)n3)ccc2[nH]1. The second kappa shape index (κ2) is 6.55. The standard InChI is InChI=1S/C22H21FN6O/c1-11-8-14-15(24-11)6-7-18(21(14)23)30-22-25-16(12-2-3-12)9-19(27-22)26-20-10-17(28-29-20)13-4-5-13/h6-10,12-13,24H,2-5H2,1H3,(H2,25,26,27,28,29). The van der Waals surface area contributed by atoms with E-state index in [9.17, 15) is 4.39 Å². The second-order valence-electron chi connectivity index (χ2n) is 8.24. The predicted molar refractivity (Wildman–Crippen MR) is 111 cm³/mol. The molecule has 3 aromatic heterocycles. The van der Waals surface area contributed by atoms with Crippen LogP contribution in [0.3, 0.4) is 0 Å². The lowest BCUT2D eigenvalue weighted by Gasteiger charge is -2.10. The van der Waals surface area contributed by atoms with Crippen LogP contribution in [0.5, 0.6) is 11.8 Å². The zero-order valence-corrected chi connectivity index (χ0v) is 16.5. The van der Waals surface area contributed by atoms with E-state index < -0.39 is 5.82 Å². The van der Waals surface area contributed by atoms with Crippen molar-refractivity contribution in [3.8, 4) is 11.8 Å². The van der Waals surface area contributed by atoms with E-state index in [-0.39, 0.29) is 11.8 Å². The number of anilines is 2. The maximum Gasteiger partial charge on any atom is 0.324 e. The molecule has 8 heteroatoms. The summed E-state index contributed by atoms with van der Waals surface area (Å²) in [4.78, 5) is 12.1. The van der Waals surface area contributed by atoms with Gasteiger partial charge in [0.1, 0.15) is 5.82 Å². The molecule has 0 aliphatic heterocycles. The van der Waals surface area contributed by atoms with E-state index in [1.807, 2.05) is 19.1 Å². The highest BCUT2D eigenvalue weighted by Crippen LogP contribution is 2.42. The van der Waals surface area contributed by atoms with Crippen molar-refractivity contribution in [1.82, 2.24) is 25.1 Å². The molecule has 3 N–H and O–H groups in total. The Kier molecular flexibility index (Phi) is 3.81. The minimum absolute atomic E-state index is 0.108. The van der Waals surface area contributed by atoms with Crippen molar-refractivity contribution < 1.29 is 9.13 Å². The first-order chi connectivity index (χ1) is 14.6. The first-order valence-corrected chi connectivity index (χ1v) is 10.3. The number of benzene rings is 1. The van der Waals surface area contributed by atoms with Crippen LogP contribution < -0.4 is 10.1 Å². The average Bonchev–Trinajstić information content (AvgIpc) is 3.65. The van der Waals surface area contributed by atoms with Gasteiger partial charge in [-0.25, -0.2) is 4.39 Å². The monoisotopic (exact) mass is 404 g/mol. The van der Waals surface area contributed by atoms with Gasteiger partial charge in [-0.2, -0.15) is 15.1 Å². The van der Waals surface area contributed by atoms with Crippen LogP contribution in [0.1, 0.15) is 54.6 Å². The summed E-state index contributed by atoms with van der Waals surface area (Å²) in [6, 6.07) is 9.23. The molecule has 6 rings (SSSR count). The lowest BCUT2D eigenvalue weighted by Crippen LogP contribution is -2.02. The molecule has 0 bridgehead atoms. The largest absolute Gasteiger partial charge is 0.421 e. The summed E-state index contributed by atoms with van der Waals surface area (Å²) in [5.41, 5.74) is 3.67. The number of H-pyrrole nitrogens is 2. The number of nitrogens with zero attached hydrogens (tertiary/aromatic N) is 3. The van der Waals surface area contributed by atoms with E-state index in [0.29, 0.717) is 28.9 Å². The third kappa shape index (κ3) is 3.28. The maximum absolute atomic E-state index is 14.9. The summed E-state index contributed by atoms with van der Waals surface area (Å²) in [5, 5.41) is 11.1. The zero-order valence-electron chi connectivity index (χ0n) is 16.5. The molecule has 152 valence electrons. The number of hydrogen-bond donors (Lipinski definition) is 3. The molecule has 3 heterocycles. The molecular formula is C22H21FN6O. The highest BCUT2D eigenvalue weighted by Gasteiger charge is 2.28. The number of nitrogens with one attached hydrogen (secondary N) is 3. The summed E-state index contributed by atoms with van der Waals surface area (Å²) in [5.74, 6) is 1.98. The van der Waals surface area contributed by atoms with Crippen molar-refractivity contribution in [2.24, 2.45) is 0 Å². The Morgan fingerprint density at radius 3 is 2.67 bits per heavy atom. The van der Waals surface area contributed by atoms with Crippen LogP contribution in [0.15, 0.2) is 30.3 Å². The molecule has 2 aliphatic rings. The number of aryl methyl sites for hydroxylation is 1. The summed E-state index contributed by atoms with van der Waals surface area (Å²) in [6.45, 7) is 1.89. The third-order valence-corrected chi connectivity index (χ3v) is 5.63. The Hall–Kier alpha value is -3.42. The fourth-order valence-corrected chi connectivity index (χ4v) is 3.74. The van der Waals surface area contributed by atoms with Crippen LogP contribution in [0.2, 0.25) is 0 Å². The van der Waals surface area contributed by atoms with Gasteiger partial charge in [0.25, 0.3) is 0 Å². The molecule has 30 heavy (non-hydrogen) atoms. The van der Waals surface area contributed by atoms with Gasteiger partial charge in [0.05, 0.1) is 5.69 Å². The van der Waals surface area contributed by atoms with E-state index in [2.05, 4.69) is 30.5 Å². The molecule has 0 saturated heterocycles. The first-order valence-electron chi connectivity index (χ1n) is 10.3. The fraction of sp³-hybridized carbons (Fsp3) is 0.318. The lowest BCUT2D eigenvalue weighted by atomic mass is 10.2. The van der Waals surface area contributed by atoms with E-state index >= 15 is 0 Å². The maximum atomic E-state index is 14.9. The van der Waals surface area contributed by atoms with Crippen molar-refractivity contribution >= 4 is 22.5 Å². The van der Waals surface area contributed by atoms with E-state index in [0.717, 1.165) is 35.4 Å². The molecule has 0 unspecified atom stereocenters. The number of ether oxygens (including phenoxy) is 1. The molecule has 0 amide bonds. The molecule has 0 atom stereocenters. The third-order valence-electron chi connectivity index (χ3n) is 5.63. The van der Waals surface area contributed by atoms with Crippen LogP contribution in [-0.2, 0) is 0 Å². The minimum atomic E-state index is -0.423. The highest BCUT2D eigenvalue weighted by molar-refractivity contribution is 5.82. The van der Waals surface area contributed by atoms with Crippen LogP contribution in [0, 0.1) is 12.7 Å². The molecule has 1 aromatic carbocycles. The van der Waals surface area contributed by atoms with Gasteiger partial charge >= 0.3 is 6.01 Å². The van der Waals surface area contributed by atoms with Gasteiger partial charge in [-0.05, 0) is 50.8 Å². The second-order valence-corrected chi connectivity index (χ2v) is 8.24. The Labute approximate surface area is 172 Å². The van der Waals surface area contributed by atoms with Gasteiger partial charge in [0.2, 0.25) is 0 Å². The van der Waals surface area contributed by atoms with Crippen molar-refractivity contribution in [1.29, 1.82) is 0 Å². The quantitative estimate of drug-likeness (QED) is 0.399. The summed E-state index contributed by atoms with van der Waals surface area (Å²) in [6.07, 6.45) is 4.59. The molecule has 2 aliphatic carbocycles. The van der Waals surface area contributed by atoms with Crippen molar-refractivity contribution in [2.75, 3.05) is 5.32 Å². The zero-order chi connectivity index (χ0) is 20.2. The summed E-state index contributed by atoms with van der Waals surface area (Å²) >= 11 is 0. The molecule has 0 radical (unpaired) electrons. The van der Waals surface area contributed by atoms with Crippen molar-refractivity contribution in [3.63, 3.8) is 0 Å². The Morgan fingerprint density at radius 1 is 1.03 bits per heavy atom. The number of fused-ring (bicyclic) bond motifs is 1. The number of aromatic nitrogens is 5.